The molecule has 0 saturated carbocycles. The van der Waals surface area contributed by atoms with Gasteiger partial charge in [0.05, 0.1) is 16.2 Å². The highest BCUT2D eigenvalue weighted by Gasteiger charge is 2.18. The molecule has 2 amide bonds. The Hall–Kier alpha value is -4.33. The van der Waals surface area contributed by atoms with Crippen molar-refractivity contribution in [3.63, 3.8) is 0 Å². The van der Waals surface area contributed by atoms with Crippen LogP contribution in [0.25, 0.3) is 0 Å². The molecule has 0 radical (unpaired) electrons. The van der Waals surface area contributed by atoms with E-state index in [2.05, 4.69) is 21.1 Å². The Morgan fingerprint density at radius 2 is 1.81 bits per heavy atom. The van der Waals surface area contributed by atoms with Crippen LogP contribution in [0, 0.1) is 21.4 Å². The van der Waals surface area contributed by atoms with Crippen molar-refractivity contribution in [2.75, 3.05) is 5.73 Å². The van der Waals surface area contributed by atoms with E-state index in [1.807, 2.05) is 0 Å². The second kappa shape index (κ2) is 8.67. The van der Waals surface area contributed by atoms with Crippen molar-refractivity contribution in [2.45, 2.75) is 6.04 Å². The number of amides is 2. The Kier molecular flexibility index (Phi) is 6.10. The first-order chi connectivity index (χ1) is 12.9. The number of hydrogen-bond donors (Lipinski definition) is 3. The van der Waals surface area contributed by atoms with Gasteiger partial charge in [-0.2, -0.15) is 15.5 Å². The number of nitro benzene ring substituents is 1. The van der Waals surface area contributed by atoms with Crippen LogP contribution in [0.2, 0.25) is 0 Å². The number of nitrogens with two attached hydrogens (primary N) is 1. The quantitative estimate of drug-likeness (QED) is 0.313. The molecule has 0 fully saturated rings. The zero-order chi connectivity index (χ0) is 19.8. The van der Waals surface area contributed by atoms with Crippen LogP contribution in [0.4, 0.5) is 17.1 Å². The number of carbonyl (C=O) groups is 2. The Morgan fingerprint density at radius 1 is 1.15 bits per heavy atom. The molecular formula is C16H13N7O4. The number of nitrogens with zero attached hydrogens (tertiary/aromatic N) is 4. The molecule has 0 saturated heterocycles. The SMILES string of the molecule is N#CC(N=Nc1ccc([N+](=O)[O-])cc1)C(=O)NNC(=O)c1ccccc1N. The number of nitrogens with one attached hydrogen (secondary N) is 2. The Labute approximate surface area is 152 Å². The summed E-state index contributed by atoms with van der Waals surface area (Å²) in [5.74, 6) is -1.57. The standard InChI is InChI=1S/C16H13N7O4/c17-9-14(20-19-10-5-7-11(8-6-10)23(26)27)16(25)22-21-15(24)12-3-1-2-4-13(12)18/h1-8,14H,18H2,(H,21,24)(H,22,25). The minimum atomic E-state index is -1.53. The first-order valence-corrected chi connectivity index (χ1v) is 7.42. The minimum absolute atomic E-state index is 0.133. The molecule has 27 heavy (non-hydrogen) atoms. The fourth-order valence-electron chi connectivity index (χ4n) is 1.86. The Bertz CT molecular complexity index is 935. The number of hydrazine groups is 1. The van der Waals surface area contributed by atoms with Gasteiger partial charge in [0.2, 0.25) is 6.04 Å². The van der Waals surface area contributed by atoms with Crippen LogP contribution < -0.4 is 16.6 Å². The van der Waals surface area contributed by atoms with E-state index >= 15 is 0 Å². The number of carbonyl (C=O) groups excluding carboxylic acids is 2. The summed E-state index contributed by atoms with van der Waals surface area (Å²) in [4.78, 5) is 33.9. The normalized spacial score (nSPS) is 11.4. The first-order valence-electron chi connectivity index (χ1n) is 7.42. The van der Waals surface area contributed by atoms with E-state index in [9.17, 15) is 19.7 Å². The van der Waals surface area contributed by atoms with E-state index in [4.69, 9.17) is 11.0 Å². The largest absolute Gasteiger partial charge is 0.398 e. The molecule has 0 aliphatic rings. The number of hydrogen-bond acceptors (Lipinski definition) is 8. The third-order valence-electron chi connectivity index (χ3n) is 3.22. The Morgan fingerprint density at radius 3 is 2.41 bits per heavy atom. The summed E-state index contributed by atoms with van der Waals surface area (Å²) < 4.78 is 0. The van der Waals surface area contributed by atoms with Crippen molar-refractivity contribution >= 4 is 28.9 Å². The first kappa shape index (κ1) is 19.0. The average Bonchev–Trinajstić information content (AvgIpc) is 2.67. The molecule has 136 valence electrons. The van der Waals surface area contributed by atoms with Crippen LogP contribution in [0.15, 0.2) is 58.8 Å². The molecule has 11 nitrogen and oxygen atoms in total. The van der Waals surface area contributed by atoms with Gasteiger partial charge in [0.15, 0.2) is 0 Å². The molecule has 1 atom stereocenters. The van der Waals surface area contributed by atoms with Crippen LogP contribution >= 0.6 is 0 Å². The zero-order valence-electron chi connectivity index (χ0n) is 13.7. The van der Waals surface area contributed by atoms with Gasteiger partial charge < -0.3 is 5.73 Å². The lowest BCUT2D eigenvalue weighted by molar-refractivity contribution is -0.384. The van der Waals surface area contributed by atoms with Crippen LogP contribution in [0.5, 0.6) is 0 Å². The van der Waals surface area contributed by atoms with Crippen molar-refractivity contribution in [3.8, 4) is 6.07 Å². The average molecular weight is 367 g/mol. The van der Waals surface area contributed by atoms with Crippen molar-refractivity contribution in [1.29, 1.82) is 5.26 Å². The third kappa shape index (κ3) is 5.07. The number of para-hydroxylation sites is 1. The van der Waals surface area contributed by atoms with Gasteiger partial charge in [0, 0.05) is 17.8 Å². The van der Waals surface area contributed by atoms with Gasteiger partial charge >= 0.3 is 0 Å². The van der Waals surface area contributed by atoms with Crippen LogP contribution in [0.1, 0.15) is 10.4 Å². The monoisotopic (exact) mass is 367 g/mol. The van der Waals surface area contributed by atoms with Crippen molar-refractivity contribution in [3.05, 3.63) is 64.2 Å². The Balaban J connectivity index is 1.97. The molecule has 1 unspecified atom stereocenters. The molecule has 4 N–H and O–H groups in total. The van der Waals surface area contributed by atoms with Gasteiger partial charge in [0.25, 0.3) is 17.5 Å². The van der Waals surface area contributed by atoms with E-state index in [1.54, 1.807) is 18.2 Å². The van der Waals surface area contributed by atoms with E-state index in [-0.39, 0.29) is 22.6 Å². The fraction of sp³-hybridized carbons (Fsp3) is 0.0625. The third-order valence-corrected chi connectivity index (χ3v) is 3.22. The summed E-state index contributed by atoms with van der Waals surface area (Å²) in [5.41, 5.74) is 10.3. The summed E-state index contributed by atoms with van der Waals surface area (Å²) in [5, 5.41) is 26.9. The van der Waals surface area contributed by atoms with Crippen LogP contribution in [0.3, 0.4) is 0 Å². The number of anilines is 1. The molecule has 2 rings (SSSR count). The molecule has 0 aliphatic carbocycles. The number of benzene rings is 2. The highest BCUT2D eigenvalue weighted by atomic mass is 16.6. The summed E-state index contributed by atoms with van der Waals surface area (Å²) >= 11 is 0. The van der Waals surface area contributed by atoms with E-state index in [0.29, 0.717) is 0 Å². The molecule has 11 heteroatoms. The van der Waals surface area contributed by atoms with Gasteiger partial charge in [-0.25, -0.2) is 0 Å². The van der Waals surface area contributed by atoms with Crippen LogP contribution in [-0.2, 0) is 4.79 Å². The highest BCUT2D eigenvalue weighted by molar-refractivity contribution is 6.00. The number of nitrogen functional groups attached to an aromatic ring is 1. The smallest absolute Gasteiger partial charge is 0.279 e. The van der Waals surface area contributed by atoms with E-state index in [1.165, 1.54) is 36.4 Å². The number of nitriles is 1. The van der Waals surface area contributed by atoms with Crippen molar-refractivity contribution in [2.24, 2.45) is 10.2 Å². The molecular weight excluding hydrogens is 354 g/mol. The molecule has 0 spiro atoms. The van der Waals surface area contributed by atoms with E-state index < -0.39 is 22.8 Å². The summed E-state index contributed by atoms with van der Waals surface area (Å²) in [6, 6.07) is 11.4. The minimum Gasteiger partial charge on any atom is -0.398 e. The van der Waals surface area contributed by atoms with Gasteiger partial charge in [-0.15, -0.1) is 0 Å². The van der Waals surface area contributed by atoms with Gasteiger partial charge in [-0.05, 0) is 24.3 Å². The number of non-ortho nitro benzene ring substituents is 1. The van der Waals surface area contributed by atoms with Crippen LogP contribution in [-0.4, -0.2) is 22.8 Å². The summed E-state index contributed by atoms with van der Waals surface area (Å²) in [6.07, 6.45) is 0. The lowest BCUT2D eigenvalue weighted by Crippen LogP contribution is -2.45. The summed E-state index contributed by atoms with van der Waals surface area (Å²) in [7, 11) is 0. The molecule has 0 heterocycles. The fourth-order valence-corrected chi connectivity index (χ4v) is 1.86. The van der Waals surface area contributed by atoms with Crippen molar-refractivity contribution in [1.82, 2.24) is 10.9 Å². The highest BCUT2D eigenvalue weighted by Crippen LogP contribution is 2.18. The maximum atomic E-state index is 11.9. The molecule has 0 bridgehead atoms. The molecule has 2 aromatic rings. The predicted octanol–water partition coefficient (Wildman–Crippen LogP) is 1.61. The van der Waals surface area contributed by atoms with Crippen molar-refractivity contribution < 1.29 is 14.5 Å². The molecule has 0 aromatic heterocycles. The second-order valence-electron chi connectivity index (χ2n) is 5.05. The molecule has 2 aromatic carbocycles. The van der Waals surface area contributed by atoms with Gasteiger partial charge in [-0.3, -0.25) is 30.6 Å². The summed E-state index contributed by atoms with van der Waals surface area (Å²) in [6.45, 7) is 0. The lowest BCUT2D eigenvalue weighted by Gasteiger charge is -2.09. The van der Waals surface area contributed by atoms with Gasteiger partial charge in [-0.1, -0.05) is 12.1 Å². The molecule has 0 aliphatic heterocycles. The maximum Gasteiger partial charge on any atom is 0.279 e. The zero-order valence-corrected chi connectivity index (χ0v) is 13.7. The maximum absolute atomic E-state index is 11.9. The topological polar surface area (TPSA) is 176 Å². The van der Waals surface area contributed by atoms with Gasteiger partial charge in [0.1, 0.15) is 6.07 Å². The van der Waals surface area contributed by atoms with E-state index in [0.717, 1.165) is 0 Å². The second-order valence-corrected chi connectivity index (χ2v) is 5.05. The number of nitro groups is 1. The predicted molar refractivity (Wildman–Crippen MR) is 93.5 cm³/mol. The number of azo groups is 1. The number of rotatable bonds is 5. The lowest BCUT2D eigenvalue weighted by atomic mass is 10.2.